The number of anilines is 3. The van der Waals surface area contributed by atoms with Crippen LogP contribution in [0.1, 0.15) is 5.56 Å². The second-order valence-electron chi connectivity index (χ2n) is 6.20. The van der Waals surface area contributed by atoms with Crippen LogP contribution < -0.4 is 15.4 Å². The summed E-state index contributed by atoms with van der Waals surface area (Å²) < 4.78 is 27.5. The van der Waals surface area contributed by atoms with Crippen molar-refractivity contribution in [3.05, 3.63) is 82.3 Å². The maximum Gasteiger partial charge on any atom is 0.261 e. The van der Waals surface area contributed by atoms with Crippen molar-refractivity contribution < 1.29 is 8.42 Å². The molecule has 0 spiro atoms. The van der Waals surface area contributed by atoms with Crippen LogP contribution in [0.25, 0.3) is 0 Å². The molecule has 0 saturated heterocycles. The van der Waals surface area contributed by atoms with Gasteiger partial charge in [0.1, 0.15) is 0 Å². The van der Waals surface area contributed by atoms with E-state index in [1.165, 1.54) is 0 Å². The average Bonchev–Trinajstić information content (AvgIpc) is 2.66. The predicted octanol–water partition coefficient (Wildman–Crippen LogP) is 5.91. The third-order valence-corrected chi connectivity index (χ3v) is 6.07. The highest BCUT2D eigenvalue weighted by molar-refractivity contribution is 7.92. The van der Waals surface area contributed by atoms with Crippen LogP contribution in [-0.2, 0) is 10.0 Å². The largest absolute Gasteiger partial charge is 0.332 e. The highest BCUT2D eigenvalue weighted by Gasteiger charge is 2.13. The molecule has 5 nitrogen and oxygen atoms in total. The van der Waals surface area contributed by atoms with Gasteiger partial charge in [-0.1, -0.05) is 40.9 Å². The van der Waals surface area contributed by atoms with Crippen molar-refractivity contribution in [3.8, 4) is 0 Å². The topological polar surface area (TPSA) is 70.2 Å². The van der Waals surface area contributed by atoms with Crippen molar-refractivity contribution in [1.29, 1.82) is 0 Å². The number of nitrogens with one attached hydrogen (secondary N) is 3. The summed E-state index contributed by atoms with van der Waals surface area (Å²) in [6, 6.07) is 18.4. The maximum absolute atomic E-state index is 12.5. The Labute approximate surface area is 185 Å². The zero-order valence-corrected chi connectivity index (χ0v) is 18.4. The van der Waals surface area contributed by atoms with Gasteiger partial charge in [0.2, 0.25) is 0 Å². The molecule has 0 radical (unpaired) electrons. The number of halogens is 2. The summed E-state index contributed by atoms with van der Waals surface area (Å²) in [6.45, 7) is 1.90. The van der Waals surface area contributed by atoms with E-state index in [-0.39, 0.29) is 4.90 Å². The van der Waals surface area contributed by atoms with E-state index in [2.05, 4.69) is 15.4 Å². The number of benzene rings is 3. The van der Waals surface area contributed by atoms with E-state index in [0.29, 0.717) is 32.2 Å². The molecule has 0 aliphatic carbocycles. The number of sulfonamides is 1. The monoisotopic (exact) mass is 465 g/mol. The Balaban J connectivity index is 1.64. The molecular weight excluding hydrogens is 449 g/mol. The van der Waals surface area contributed by atoms with Gasteiger partial charge in [-0.2, -0.15) is 0 Å². The average molecular weight is 466 g/mol. The molecule has 3 rings (SSSR count). The van der Waals surface area contributed by atoms with Crippen molar-refractivity contribution in [3.63, 3.8) is 0 Å². The van der Waals surface area contributed by atoms with Crippen LogP contribution in [0.4, 0.5) is 17.1 Å². The van der Waals surface area contributed by atoms with Crippen molar-refractivity contribution in [1.82, 2.24) is 0 Å². The number of rotatable bonds is 5. The highest BCUT2D eigenvalue weighted by Crippen LogP contribution is 2.26. The molecule has 0 atom stereocenters. The first-order chi connectivity index (χ1) is 13.7. The first-order valence-electron chi connectivity index (χ1n) is 8.45. The molecule has 9 heteroatoms. The second kappa shape index (κ2) is 9.00. The molecule has 0 aliphatic heterocycles. The predicted molar refractivity (Wildman–Crippen MR) is 125 cm³/mol. The van der Waals surface area contributed by atoms with Gasteiger partial charge in [0.25, 0.3) is 10.0 Å². The van der Waals surface area contributed by atoms with Crippen LogP contribution in [0.5, 0.6) is 0 Å². The van der Waals surface area contributed by atoms with E-state index in [9.17, 15) is 8.42 Å². The zero-order chi connectivity index (χ0) is 21.0. The third-order valence-electron chi connectivity index (χ3n) is 3.90. The van der Waals surface area contributed by atoms with Crippen LogP contribution >= 0.6 is 35.4 Å². The Bertz CT molecular complexity index is 1130. The molecule has 0 saturated carbocycles. The Hall–Kier alpha value is -2.32. The first-order valence-corrected chi connectivity index (χ1v) is 11.1. The van der Waals surface area contributed by atoms with Gasteiger partial charge in [-0.3, -0.25) is 4.72 Å². The fraction of sp³-hybridized carbons (Fsp3) is 0.0500. The zero-order valence-electron chi connectivity index (χ0n) is 15.2. The molecule has 3 aromatic rings. The minimum atomic E-state index is -3.65. The van der Waals surface area contributed by atoms with Crippen molar-refractivity contribution in [2.45, 2.75) is 11.8 Å². The number of thiocarbonyl (C=S) groups is 1. The van der Waals surface area contributed by atoms with E-state index in [1.807, 2.05) is 6.92 Å². The van der Waals surface area contributed by atoms with Gasteiger partial charge >= 0.3 is 0 Å². The van der Waals surface area contributed by atoms with Gasteiger partial charge in [0.15, 0.2) is 5.11 Å². The summed E-state index contributed by atoms with van der Waals surface area (Å²) in [7, 11) is -3.65. The summed E-state index contributed by atoms with van der Waals surface area (Å²) in [4.78, 5) is 0.203. The van der Waals surface area contributed by atoms with E-state index < -0.39 is 10.0 Å². The molecule has 0 unspecified atom stereocenters. The fourth-order valence-corrected chi connectivity index (χ4v) is 4.05. The first kappa shape index (κ1) is 21.4. The van der Waals surface area contributed by atoms with Crippen LogP contribution in [0, 0.1) is 6.92 Å². The maximum atomic E-state index is 12.5. The Morgan fingerprint density at radius 2 is 1.48 bits per heavy atom. The summed E-state index contributed by atoms with van der Waals surface area (Å²) in [5, 5.41) is 7.32. The van der Waals surface area contributed by atoms with Gasteiger partial charge in [-0.25, -0.2) is 8.42 Å². The van der Waals surface area contributed by atoms with Crippen molar-refractivity contribution in [2.24, 2.45) is 0 Å². The summed E-state index contributed by atoms with van der Waals surface area (Å²) in [5.74, 6) is 0. The third kappa shape index (κ3) is 5.83. The summed E-state index contributed by atoms with van der Waals surface area (Å²) in [6.07, 6.45) is 0. The molecule has 0 aromatic heterocycles. The van der Waals surface area contributed by atoms with E-state index >= 15 is 0 Å². The molecule has 0 heterocycles. The Morgan fingerprint density at radius 1 is 0.862 bits per heavy atom. The number of hydrogen-bond acceptors (Lipinski definition) is 3. The van der Waals surface area contributed by atoms with Crippen LogP contribution in [0.15, 0.2) is 71.6 Å². The van der Waals surface area contributed by atoms with Gasteiger partial charge in [0.05, 0.1) is 15.6 Å². The van der Waals surface area contributed by atoms with Gasteiger partial charge in [-0.15, -0.1) is 0 Å². The smallest absolute Gasteiger partial charge is 0.261 e. The molecule has 0 amide bonds. The second-order valence-corrected chi connectivity index (χ2v) is 9.13. The highest BCUT2D eigenvalue weighted by atomic mass is 35.5. The van der Waals surface area contributed by atoms with Gasteiger partial charge in [-0.05, 0) is 73.7 Å². The van der Waals surface area contributed by atoms with E-state index in [0.717, 1.165) is 5.56 Å². The fourth-order valence-electron chi connectivity index (χ4n) is 2.43. The number of hydrogen-bond donors (Lipinski definition) is 3. The lowest BCUT2D eigenvalue weighted by Gasteiger charge is -2.13. The van der Waals surface area contributed by atoms with Crippen molar-refractivity contribution >= 4 is 67.6 Å². The molecule has 3 aromatic carbocycles. The molecule has 0 bridgehead atoms. The summed E-state index contributed by atoms with van der Waals surface area (Å²) in [5.41, 5.74) is 2.69. The molecule has 0 aliphatic rings. The minimum absolute atomic E-state index is 0.203. The van der Waals surface area contributed by atoms with Crippen LogP contribution in [0.2, 0.25) is 10.0 Å². The normalized spacial score (nSPS) is 11.0. The molecule has 3 N–H and O–H groups in total. The molecule has 29 heavy (non-hydrogen) atoms. The van der Waals surface area contributed by atoms with Gasteiger partial charge < -0.3 is 10.6 Å². The quantitative estimate of drug-likeness (QED) is 0.408. The van der Waals surface area contributed by atoms with E-state index in [1.54, 1.807) is 66.7 Å². The van der Waals surface area contributed by atoms with E-state index in [4.69, 9.17) is 35.4 Å². The van der Waals surface area contributed by atoms with Gasteiger partial charge in [0, 0.05) is 16.4 Å². The molecule has 0 fully saturated rings. The van der Waals surface area contributed by atoms with Crippen LogP contribution in [-0.4, -0.2) is 13.5 Å². The molecule has 150 valence electrons. The lowest BCUT2D eigenvalue weighted by molar-refractivity contribution is 0.601. The lowest BCUT2D eigenvalue weighted by Crippen LogP contribution is -2.19. The molecular formula is C20H17Cl2N3O2S2. The Kier molecular flexibility index (Phi) is 6.64. The van der Waals surface area contributed by atoms with Crippen LogP contribution in [0.3, 0.4) is 0 Å². The summed E-state index contributed by atoms with van der Waals surface area (Å²) >= 11 is 17.4. The number of aryl methyl sites for hydroxylation is 1. The standard InChI is InChI=1S/C20H17Cl2N3O2S2/c1-13-2-9-17(10-3-13)29(26,27)25-16-7-5-15(6-8-16)23-20(28)24-19-12-14(21)4-11-18(19)22/h2-12,25H,1H3,(H2,23,24,28). The SMILES string of the molecule is Cc1ccc(S(=O)(=O)Nc2ccc(NC(=S)Nc3cc(Cl)ccc3Cl)cc2)cc1. The minimum Gasteiger partial charge on any atom is -0.332 e. The van der Waals surface area contributed by atoms with Crippen molar-refractivity contribution in [2.75, 3.05) is 15.4 Å². The lowest BCUT2D eigenvalue weighted by atomic mass is 10.2. The Morgan fingerprint density at radius 3 is 2.14 bits per heavy atom.